The van der Waals surface area contributed by atoms with Crippen LogP contribution in [0.4, 0.5) is 0 Å². The van der Waals surface area contributed by atoms with Crippen molar-refractivity contribution in [3.05, 3.63) is 33.3 Å². The molecule has 15 heavy (non-hydrogen) atoms. The van der Waals surface area contributed by atoms with Gasteiger partial charge >= 0.3 is 0 Å². The molecular weight excluding hydrogens is 233 g/mol. The van der Waals surface area contributed by atoms with Gasteiger partial charge in [-0.05, 0) is 30.5 Å². The molecule has 2 rings (SSSR count). The van der Waals surface area contributed by atoms with Crippen molar-refractivity contribution in [1.29, 1.82) is 0 Å². The number of hydrogen-bond acceptors (Lipinski definition) is 1. The molecule has 4 heteroatoms. The predicted octanol–water partition coefficient (Wildman–Crippen LogP) is 3.06. The molecule has 1 aliphatic heterocycles. The molecule has 1 unspecified atom stereocenters. The fraction of sp³-hybridized carbons (Fsp3) is 0.364. The highest BCUT2D eigenvalue weighted by molar-refractivity contribution is 6.36. The molecule has 1 aromatic carbocycles. The average molecular weight is 244 g/mol. The van der Waals surface area contributed by atoms with Gasteiger partial charge in [0.2, 0.25) is 0 Å². The Kier molecular flexibility index (Phi) is 2.89. The highest BCUT2D eigenvalue weighted by atomic mass is 35.5. The van der Waals surface area contributed by atoms with E-state index in [0.717, 1.165) is 18.4 Å². The maximum absolute atomic E-state index is 11.8. The summed E-state index contributed by atoms with van der Waals surface area (Å²) in [5.74, 6) is -0.115. The van der Waals surface area contributed by atoms with Crippen LogP contribution >= 0.6 is 23.2 Å². The van der Waals surface area contributed by atoms with Crippen LogP contribution in [0, 0.1) is 0 Å². The molecular formula is C11H11Cl2NO. The van der Waals surface area contributed by atoms with Crippen molar-refractivity contribution in [3.63, 3.8) is 0 Å². The van der Waals surface area contributed by atoms with Crippen molar-refractivity contribution in [2.45, 2.75) is 25.8 Å². The molecule has 1 N–H and O–H groups in total. The molecule has 0 aromatic heterocycles. The zero-order valence-corrected chi connectivity index (χ0v) is 9.82. The van der Waals surface area contributed by atoms with Gasteiger partial charge in [-0.1, -0.05) is 30.1 Å². The minimum absolute atomic E-state index is 0.115. The second kappa shape index (κ2) is 4.03. The molecule has 0 radical (unpaired) electrons. The third-order valence-electron chi connectivity index (χ3n) is 2.71. The Morgan fingerprint density at radius 1 is 1.40 bits per heavy atom. The van der Waals surface area contributed by atoms with E-state index in [-0.39, 0.29) is 11.9 Å². The molecule has 0 fully saturated rings. The lowest BCUT2D eigenvalue weighted by Gasteiger charge is -2.26. The van der Waals surface area contributed by atoms with Crippen LogP contribution in [-0.2, 0) is 6.42 Å². The Hall–Kier alpha value is -0.730. The highest BCUT2D eigenvalue weighted by Gasteiger charge is 2.26. The van der Waals surface area contributed by atoms with E-state index in [2.05, 4.69) is 5.32 Å². The number of hydrogen-bond donors (Lipinski definition) is 1. The van der Waals surface area contributed by atoms with Gasteiger partial charge in [-0.15, -0.1) is 0 Å². The van der Waals surface area contributed by atoms with Crippen LogP contribution in [0.1, 0.15) is 29.3 Å². The van der Waals surface area contributed by atoms with E-state index in [4.69, 9.17) is 23.2 Å². The summed E-state index contributed by atoms with van der Waals surface area (Å²) in [5.41, 5.74) is 1.41. The number of halogens is 2. The third kappa shape index (κ3) is 1.84. The van der Waals surface area contributed by atoms with E-state index >= 15 is 0 Å². The normalized spacial score (nSPS) is 19.7. The lowest BCUT2D eigenvalue weighted by molar-refractivity contribution is 0.0924. The van der Waals surface area contributed by atoms with Crippen molar-refractivity contribution < 1.29 is 4.79 Å². The first-order valence-corrected chi connectivity index (χ1v) is 5.66. The monoisotopic (exact) mass is 243 g/mol. The van der Waals surface area contributed by atoms with Crippen LogP contribution in [0.3, 0.4) is 0 Å². The second-order valence-corrected chi connectivity index (χ2v) is 4.48. The minimum Gasteiger partial charge on any atom is -0.349 e. The molecule has 1 heterocycles. The molecule has 0 bridgehead atoms. The van der Waals surface area contributed by atoms with Gasteiger partial charge in [0.05, 0.1) is 10.6 Å². The van der Waals surface area contributed by atoms with E-state index in [9.17, 15) is 4.79 Å². The third-order valence-corrected chi connectivity index (χ3v) is 3.38. The predicted molar refractivity (Wildman–Crippen MR) is 61.7 cm³/mol. The van der Waals surface area contributed by atoms with Crippen LogP contribution in [0.15, 0.2) is 12.1 Å². The van der Waals surface area contributed by atoms with Gasteiger partial charge in [-0.3, -0.25) is 4.79 Å². The number of amides is 1. The van der Waals surface area contributed by atoms with Crippen LogP contribution in [-0.4, -0.2) is 11.9 Å². The first-order chi connectivity index (χ1) is 7.13. The molecule has 2 nitrogen and oxygen atoms in total. The Morgan fingerprint density at radius 2 is 2.07 bits per heavy atom. The molecule has 0 aliphatic carbocycles. The van der Waals surface area contributed by atoms with Gasteiger partial charge in [0, 0.05) is 11.1 Å². The molecule has 0 spiro atoms. The van der Waals surface area contributed by atoms with Gasteiger partial charge < -0.3 is 5.32 Å². The second-order valence-electron chi connectivity index (χ2n) is 3.67. The number of carbonyl (C=O) groups is 1. The fourth-order valence-corrected chi connectivity index (χ4v) is 2.34. The largest absolute Gasteiger partial charge is 0.349 e. The number of rotatable bonds is 1. The minimum atomic E-state index is -0.115. The maximum atomic E-state index is 11.8. The van der Waals surface area contributed by atoms with Crippen molar-refractivity contribution >= 4 is 29.1 Å². The fourth-order valence-electron chi connectivity index (χ4n) is 1.84. The number of nitrogens with one attached hydrogen (secondary N) is 1. The van der Waals surface area contributed by atoms with Crippen LogP contribution < -0.4 is 5.32 Å². The smallest absolute Gasteiger partial charge is 0.253 e. The summed E-state index contributed by atoms with van der Waals surface area (Å²) in [6.07, 6.45) is 1.66. The maximum Gasteiger partial charge on any atom is 0.253 e. The number of benzene rings is 1. The molecule has 80 valence electrons. The van der Waals surface area contributed by atoms with Crippen LogP contribution in [0.25, 0.3) is 0 Å². The summed E-state index contributed by atoms with van der Waals surface area (Å²) in [7, 11) is 0. The van der Waals surface area contributed by atoms with E-state index < -0.39 is 0 Å². The van der Waals surface area contributed by atoms with Crippen molar-refractivity contribution in [1.82, 2.24) is 5.32 Å². The first-order valence-electron chi connectivity index (χ1n) is 4.91. The summed E-state index contributed by atoms with van der Waals surface area (Å²) in [6, 6.07) is 3.57. The van der Waals surface area contributed by atoms with Gasteiger partial charge in [-0.2, -0.15) is 0 Å². The Morgan fingerprint density at radius 3 is 2.73 bits per heavy atom. The SMILES string of the molecule is CCC1Cc2c(Cl)ccc(Cl)c2C(=O)N1. The van der Waals surface area contributed by atoms with Gasteiger partial charge in [0.1, 0.15) is 0 Å². The lowest BCUT2D eigenvalue weighted by atomic mass is 9.94. The van der Waals surface area contributed by atoms with E-state index in [1.54, 1.807) is 12.1 Å². The number of fused-ring (bicyclic) bond motifs is 1. The standard InChI is InChI=1S/C11H11Cl2NO/c1-2-6-5-7-8(12)3-4-9(13)10(7)11(15)14-6/h3-4,6H,2,5H2,1H3,(H,14,15). The van der Waals surface area contributed by atoms with E-state index in [0.29, 0.717) is 15.6 Å². The molecule has 1 aromatic rings. The Labute approximate surface area is 98.6 Å². The Bertz CT molecular complexity index is 417. The van der Waals surface area contributed by atoms with Crippen molar-refractivity contribution in [2.24, 2.45) is 0 Å². The Balaban J connectivity index is 2.53. The highest BCUT2D eigenvalue weighted by Crippen LogP contribution is 2.31. The first kappa shape index (κ1) is 10.8. The summed E-state index contributed by atoms with van der Waals surface area (Å²) in [4.78, 5) is 11.8. The summed E-state index contributed by atoms with van der Waals surface area (Å²) in [6.45, 7) is 2.04. The summed E-state index contributed by atoms with van der Waals surface area (Å²) >= 11 is 12.0. The van der Waals surface area contributed by atoms with Gasteiger partial charge in [0.15, 0.2) is 0 Å². The number of carbonyl (C=O) groups excluding carboxylic acids is 1. The summed E-state index contributed by atoms with van der Waals surface area (Å²) in [5, 5.41) is 4.01. The van der Waals surface area contributed by atoms with E-state index in [1.165, 1.54) is 0 Å². The van der Waals surface area contributed by atoms with Gasteiger partial charge in [-0.25, -0.2) is 0 Å². The zero-order valence-electron chi connectivity index (χ0n) is 8.31. The lowest BCUT2D eigenvalue weighted by Crippen LogP contribution is -2.41. The van der Waals surface area contributed by atoms with Crippen LogP contribution in [0.2, 0.25) is 10.0 Å². The average Bonchev–Trinajstić information content (AvgIpc) is 2.23. The van der Waals surface area contributed by atoms with Crippen molar-refractivity contribution in [2.75, 3.05) is 0 Å². The molecule has 0 saturated heterocycles. The van der Waals surface area contributed by atoms with Crippen LogP contribution in [0.5, 0.6) is 0 Å². The molecule has 1 atom stereocenters. The molecule has 1 aliphatic rings. The molecule has 0 saturated carbocycles. The topological polar surface area (TPSA) is 29.1 Å². The van der Waals surface area contributed by atoms with Crippen molar-refractivity contribution in [3.8, 4) is 0 Å². The van der Waals surface area contributed by atoms with E-state index in [1.807, 2.05) is 6.92 Å². The zero-order chi connectivity index (χ0) is 11.0. The van der Waals surface area contributed by atoms with Gasteiger partial charge in [0.25, 0.3) is 5.91 Å². The molecule has 1 amide bonds. The summed E-state index contributed by atoms with van der Waals surface area (Å²) < 4.78 is 0. The quantitative estimate of drug-likeness (QED) is 0.808.